The first-order valence-electron chi connectivity index (χ1n) is 1.65. The molecule has 0 saturated heterocycles. The van der Waals surface area contributed by atoms with Gasteiger partial charge in [-0.3, -0.25) is 4.79 Å². The van der Waals surface area contributed by atoms with E-state index in [2.05, 4.69) is 16.2 Å². The molecule has 7 heavy (non-hydrogen) atoms. The molecule has 0 atom stereocenters. The highest BCUT2D eigenvalue weighted by atomic mass is 35.5. The molecule has 0 rings (SSSR count). The zero-order valence-electron chi connectivity index (χ0n) is 3.93. The molecule has 0 aliphatic heterocycles. The fourth-order valence-electron chi connectivity index (χ4n) is 0. The largest absolute Gasteiger partial charge is 0.397 e. The summed E-state index contributed by atoms with van der Waals surface area (Å²) >= 11 is 4.32. The maximum Gasteiger partial charge on any atom is 0.312 e. The lowest BCUT2D eigenvalue weighted by Gasteiger charge is -1.59. The Morgan fingerprint density at radius 1 is 2.00 bits per heavy atom. The molecule has 1 N–H and O–H groups in total. The van der Waals surface area contributed by atoms with E-state index >= 15 is 0 Å². The Morgan fingerprint density at radius 3 is 2.14 bits per heavy atom. The van der Waals surface area contributed by atoms with Crippen molar-refractivity contribution in [3.05, 3.63) is 0 Å². The summed E-state index contributed by atoms with van der Waals surface area (Å²) in [7, 11) is 0. The van der Waals surface area contributed by atoms with Crippen LogP contribution in [0.3, 0.4) is 0 Å². The Kier molecular flexibility index (Phi) is 24.3. The SMILES string of the molecule is CCO.O=COCl. The van der Waals surface area contributed by atoms with Gasteiger partial charge in [0.1, 0.15) is 11.9 Å². The third-order valence-corrected chi connectivity index (χ3v) is 0.109. The van der Waals surface area contributed by atoms with Crippen molar-refractivity contribution in [1.82, 2.24) is 0 Å². The smallest absolute Gasteiger partial charge is 0.312 e. The van der Waals surface area contributed by atoms with Crippen LogP contribution in [0.2, 0.25) is 0 Å². The molecular weight excluding hydrogens is 119 g/mol. The van der Waals surface area contributed by atoms with Crippen molar-refractivity contribution >= 4 is 18.3 Å². The Hall–Kier alpha value is -0.280. The van der Waals surface area contributed by atoms with E-state index in [1.54, 1.807) is 6.92 Å². The summed E-state index contributed by atoms with van der Waals surface area (Å²) in [5.74, 6) is 0. The summed E-state index contributed by atoms with van der Waals surface area (Å²) in [4.78, 5) is 8.82. The van der Waals surface area contributed by atoms with E-state index in [1.165, 1.54) is 0 Å². The minimum atomic E-state index is 0.140. The predicted molar refractivity (Wildman–Crippen MR) is 25.8 cm³/mol. The number of halogens is 1. The molecule has 44 valence electrons. The van der Waals surface area contributed by atoms with E-state index in [0.717, 1.165) is 0 Å². The highest BCUT2D eigenvalue weighted by molar-refractivity contribution is 6.10. The summed E-state index contributed by atoms with van der Waals surface area (Å²) in [5, 5.41) is 7.57. The molecular formula is C3H7ClO3. The van der Waals surface area contributed by atoms with Crippen LogP contribution in [0.1, 0.15) is 6.92 Å². The summed E-state index contributed by atoms with van der Waals surface area (Å²) in [6.45, 7) is 2.07. The Morgan fingerprint density at radius 2 is 2.14 bits per heavy atom. The molecule has 0 fully saturated rings. The third-order valence-electron chi connectivity index (χ3n) is 0.0364. The van der Waals surface area contributed by atoms with Crippen molar-refractivity contribution in [2.45, 2.75) is 6.92 Å². The fraction of sp³-hybridized carbons (Fsp3) is 0.667. The first-order chi connectivity index (χ1) is 3.33. The summed E-state index contributed by atoms with van der Waals surface area (Å²) in [5.41, 5.74) is 0. The van der Waals surface area contributed by atoms with Crippen molar-refractivity contribution in [1.29, 1.82) is 0 Å². The third kappa shape index (κ3) is 153. The number of aliphatic hydroxyl groups excluding tert-OH is 1. The van der Waals surface area contributed by atoms with Gasteiger partial charge in [-0.2, -0.15) is 0 Å². The van der Waals surface area contributed by atoms with Crippen LogP contribution < -0.4 is 0 Å². The van der Waals surface area contributed by atoms with Gasteiger partial charge in [0, 0.05) is 6.61 Å². The lowest BCUT2D eigenvalue weighted by Crippen LogP contribution is -1.57. The second kappa shape index (κ2) is 17.2. The van der Waals surface area contributed by atoms with Crippen LogP contribution >= 0.6 is 11.9 Å². The predicted octanol–water partition coefficient (Wildman–Crippen LogP) is 0.312. The normalized spacial score (nSPS) is 5.57. The second-order valence-corrected chi connectivity index (χ2v) is 0.680. The van der Waals surface area contributed by atoms with Gasteiger partial charge in [-0.15, -0.1) is 0 Å². The molecule has 0 aliphatic rings. The van der Waals surface area contributed by atoms with E-state index in [0.29, 0.717) is 0 Å². The van der Waals surface area contributed by atoms with Crippen LogP contribution in [-0.4, -0.2) is 18.2 Å². The number of carbonyl (C=O) groups is 1. The van der Waals surface area contributed by atoms with Crippen LogP contribution in [0.5, 0.6) is 0 Å². The Balaban J connectivity index is 0. The number of aliphatic hydroxyl groups is 1. The van der Waals surface area contributed by atoms with Crippen molar-refractivity contribution in [2.24, 2.45) is 0 Å². The number of carbonyl (C=O) groups excluding carboxylic acids is 1. The molecule has 0 heterocycles. The van der Waals surface area contributed by atoms with Crippen molar-refractivity contribution in [3.8, 4) is 0 Å². The molecule has 0 aromatic heterocycles. The second-order valence-electron chi connectivity index (χ2n) is 0.502. The summed E-state index contributed by atoms with van der Waals surface area (Å²) in [6, 6.07) is 0. The lowest BCUT2D eigenvalue weighted by atomic mass is 10.9. The van der Waals surface area contributed by atoms with Crippen LogP contribution in [0, 0.1) is 0 Å². The molecule has 0 radical (unpaired) electrons. The first kappa shape index (κ1) is 9.87. The maximum atomic E-state index is 8.82. The lowest BCUT2D eigenvalue weighted by molar-refractivity contribution is -0.120. The van der Waals surface area contributed by atoms with Gasteiger partial charge >= 0.3 is 6.47 Å². The number of hydrogen-bond acceptors (Lipinski definition) is 3. The van der Waals surface area contributed by atoms with Crippen LogP contribution in [0.15, 0.2) is 0 Å². The molecule has 0 saturated carbocycles. The Bertz CT molecular complexity index is 31.4. The van der Waals surface area contributed by atoms with E-state index in [9.17, 15) is 0 Å². The highest BCUT2D eigenvalue weighted by Crippen LogP contribution is 1.62. The summed E-state index contributed by atoms with van der Waals surface area (Å²) < 4.78 is 3.33. The van der Waals surface area contributed by atoms with Crippen LogP contribution in [0.4, 0.5) is 0 Å². The average Bonchev–Trinajstić information content (AvgIpc) is 1.69. The van der Waals surface area contributed by atoms with Gasteiger partial charge in [0.2, 0.25) is 0 Å². The number of hydrogen-bond donors (Lipinski definition) is 1. The fourth-order valence-corrected chi connectivity index (χ4v) is 0. The molecule has 0 aliphatic carbocycles. The monoisotopic (exact) mass is 126 g/mol. The molecule has 3 nitrogen and oxygen atoms in total. The molecule has 0 unspecified atom stereocenters. The zero-order chi connectivity index (χ0) is 6.12. The maximum absolute atomic E-state index is 8.82. The van der Waals surface area contributed by atoms with Gasteiger partial charge in [0.15, 0.2) is 0 Å². The van der Waals surface area contributed by atoms with Gasteiger partial charge in [-0.1, -0.05) is 0 Å². The minimum Gasteiger partial charge on any atom is -0.397 e. The molecule has 4 heteroatoms. The standard InChI is InChI=1S/C2H6O.CHClO2/c1-2-3;2-4-1-3/h3H,2H2,1H3;1H. The van der Waals surface area contributed by atoms with Gasteiger partial charge < -0.3 is 9.40 Å². The van der Waals surface area contributed by atoms with Crippen LogP contribution in [-0.2, 0) is 9.08 Å². The van der Waals surface area contributed by atoms with E-state index in [1.807, 2.05) is 0 Å². The average molecular weight is 127 g/mol. The molecule has 0 aromatic rings. The highest BCUT2D eigenvalue weighted by Gasteiger charge is 1.50. The molecule has 0 amide bonds. The van der Waals surface area contributed by atoms with E-state index < -0.39 is 0 Å². The van der Waals surface area contributed by atoms with Gasteiger partial charge in [0.25, 0.3) is 0 Å². The number of rotatable bonds is 1. The molecule has 0 spiro atoms. The van der Waals surface area contributed by atoms with Gasteiger partial charge in [-0.05, 0) is 6.92 Å². The van der Waals surface area contributed by atoms with E-state index in [4.69, 9.17) is 9.90 Å². The quantitative estimate of drug-likeness (QED) is 0.515. The summed E-state index contributed by atoms with van der Waals surface area (Å²) in [6.07, 6.45) is 0. The topological polar surface area (TPSA) is 46.5 Å². The first-order valence-corrected chi connectivity index (χ1v) is 1.96. The van der Waals surface area contributed by atoms with Crippen molar-refractivity contribution in [2.75, 3.05) is 6.61 Å². The Labute approximate surface area is 47.0 Å². The van der Waals surface area contributed by atoms with Gasteiger partial charge in [0.05, 0.1) is 0 Å². The van der Waals surface area contributed by atoms with E-state index in [-0.39, 0.29) is 13.1 Å². The van der Waals surface area contributed by atoms with Crippen molar-refractivity contribution < 1.29 is 14.2 Å². The van der Waals surface area contributed by atoms with Gasteiger partial charge in [-0.25, -0.2) is 0 Å². The molecule has 0 bridgehead atoms. The molecule has 0 aromatic carbocycles. The van der Waals surface area contributed by atoms with Crippen LogP contribution in [0.25, 0.3) is 0 Å². The minimum absolute atomic E-state index is 0.140. The van der Waals surface area contributed by atoms with Crippen molar-refractivity contribution in [3.63, 3.8) is 0 Å². The zero-order valence-corrected chi connectivity index (χ0v) is 4.68.